The predicted octanol–water partition coefficient (Wildman–Crippen LogP) is 3.21. The zero-order valence-corrected chi connectivity index (χ0v) is 13.1. The van der Waals surface area contributed by atoms with Crippen LogP contribution >= 0.6 is 0 Å². The summed E-state index contributed by atoms with van der Waals surface area (Å²) in [7, 11) is 0. The van der Waals surface area contributed by atoms with Crippen molar-refractivity contribution in [2.75, 3.05) is 26.2 Å². The summed E-state index contributed by atoms with van der Waals surface area (Å²) in [5.41, 5.74) is 2.09. The van der Waals surface area contributed by atoms with E-state index in [2.05, 4.69) is 40.5 Å². The molecule has 1 saturated heterocycles. The highest BCUT2D eigenvalue weighted by atomic mass is 16.3. The molecule has 1 atom stereocenters. The summed E-state index contributed by atoms with van der Waals surface area (Å²) in [6.07, 6.45) is 2.89. The molecule has 4 rings (SSSR count). The highest BCUT2D eigenvalue weighted by molar-refractivity contribution is 5.78. The molecule has 0 saturated carbocycles. The van der Waals surface area contributed by atoms with Crippen molar-refractivity contribution in [2.24, 2.45) is 0 Å². The summed E-state index contributed by atoms with van der Waals surface area (Å²) >= 11 is 0. The van der Waals surface area contributed by atoms with E-state index >= 15 is 0 Å². The molecule has 4 heteroatoms. The van der Waals surface area contributed by atoms with Crippen LogP contribution in [-0.2, 0) is 0 Å². The monoisotopic (exact) mass is 307 g/mol. The Bertz CT molecular complexity index is 761. The minimum absolute atomic E-state index is 0.0782. The Morgan fingerprint density at radius 2 is 1.96 bits per heavy atom. The first-order valence-electron chi connectivity index (χ1n) is 8.26. The van der Waals surface area contributed by atoms with E-state index < -0.39 is 0 Å². The minimum Gasteiger partial charge on any atom is -0.467 e. The van der Waals surface area contributed by atoms with Gasteiger partial charge in [-0.25, -0.2) is 0 Å². The fourth-order valence-corrected chi connectivity index (χ4v) is 3.32. The Kier molecular flexibility index (Phi) is 4.09. The second-order valence-electron chi connectivity index (χ2n) is 5.99. The van der Waals surface area contributed by atoms with Gasteiger partial charge in [0.1, 0.15) is 11.8 Å². The summed E-state index contributed by atoms with van der Waals surface area (Å²) in [6, 6.07) is 16.6. The minimum atomic E-state index is 0.0782. The van der Waals surface area contributed by atoms with Crippen LogP contribution < -0.4 is 5.32 Å². The lowest BCUT2D eigenvalue weighted by Gasteiger charge is -2.28. The summed E-state index contributed by atoms with van der Waals surface area (Å²) in [4.78, 5) is 7.38. The number of hydrogen-bond acceptors (Lipinski definition) is 4. The van der Waals surface area contributed by atoms with E-state index in [1.165, 1.54) is 5.39 Å². The zero-order chi connectivity index (χ0) is 15.5. The molecule has 1 aliphatic rings. The van der Waals surface area contributed by atoms with Gasteiger partial charge in [-0.2, -0.15) is 0 Å². The van der Waals surface area contributed by atoms with E-state index in [0.29, 0.717) is 0 Å². The molecular weight excluding hydrogens is 286 g/mol. The van der Waals surface area contributed by atoms with Crippen molar-refractivity contribution in [3.8, 4) is 0 Å². The van der Waals surface area contributed by atoms with Crippen molar-refractivity contribution in [1.82, 2.24) is 15.2 Å². The molecule has 1 unspecified atom stereocenters. The predicted molar refractivity (Wildman–Crippen MR) is 91.4 cm³/mol. The fourth-order valence-electron chi connectivity index (χ4n) is 3.32. The molecule has 1 aromatic carbocycles. The van der Waals surface area contributed by atoms with Crippen molar-refractivity contribution >= 4 is 10.9 Å². The second kappa shape index (κ2) is 6.52. The first kappa shape index (κ1) is 14.4. The van der Waals surface area contributed by atoms with Crippen LogP contribution in [-0.4, -0.2) is 36.1 Å². The Morgan fingerprint density at radius 1 is 1.00 bits per heavy atom. The largest absolute Gasteiger partial charge is 0.467 e. The highest BCUT2D eigenvalue weighted by Gasteiger charge is 2.26. The van der Waals surface area contributed by atoms with Crippen LogP contribution in [0.15, 0.2) is 59.2 Å². The highest BCUT2D eigenvalue weighted by Crippen LogP contribution is 2.29. The van der Waals surface area contributed by atoms with E-state index in [-0.39, 0.29) is 6.04 Å². The lowest BCUT2D eigenvalue weighted by atomic mass is 10.1. The Balaban J connectivity index is 1.76. The number of benzene rings is 1. The van der Waals surface area contributed by atoms with Gasteiger partial charge in [-0.1, -0.05) is 24.3 Å². The maximum Gasteiger partial charge on any atom is 0.127 e. The Hall–Kier alpha value is -2.17. The number of nitrogens with zero attached hydrogens (tertiary/aromatic N) is 2. The molecule has 0 spiro atoms. The number of para-hydroxylation sites is 1. The lowest BCUT2D eigenvalue weighted by molar-refractivity contribution is 0.212. The van der Waals surface area contributed by atoms with E-state index in [9.17, 15) is 0 Å². The van der Waals surface area contributed by atoms with Gasteiger partial charge in [0.25, 0.3) is 0 Å². The summed E-state index contributed by atoms with van der Waals surface area (Å²) in [5.74, 6) is 0.967. The van der Waals surface area contributed by atoms with Gasteiger partial charge in [0.15, 0.2) is 0 Å². The van der Waals surface area contributed by atoms with Crippen molar-refractivity contribution < 1.29 is 4.42 Å². The van der Waals surface area contributed by atoms with Gasteiger partial charge in [0, 0.05) is 25.0 Å². The number of nitrogens with one attached hydrogen (secondary N) is 1. The quantitative estimate of drug-likeness (QED) is 0.807. The van der Waals surface area contributed by atoms with Gasteiger partial charge < -0.3 is 9.73 Å². The zero-order valence-electron chi connectivity index (χ0n) is 13.1. The second-order valence-corrected chi connectivity index (χ2v) is 5.99. The number of aromatic nitrogens is 1. The Labute approximate surface area is 136 Å². The molecule has 3 heterocycles. The van der Waals surface area contributed by atoms with Crippen LogP contribution in [0.25, 0.3) is 10.9 Å². The molecule has 3 aromatic rings. The first-order chi connectivity index (χ1) is 11.4. The summed E-state index contributed by atoms with van der Waals surface area (Å²) in [5, 5.41) is 4.64. The van der Waals surface area contributed by atoms with Gasteiger partial charge in [-0.3, -0.25) is 9.88 Å². The van der Waals surface area contributed by atoms with Crippen LogP contribution in [0.4, 0.5) is 0 Å². The molecular formula is C19H21N3O. The lowest BCUT2D eigenvalue weighted by Crippen LogP contribution is -2.33. The number of pyridine rings is 1. The number of furan rings is 1. The van der Waals surface area contributed by atoms with Crippen LogP contribution in [0.3, 0.4) is 0 Å². The topological polar surface area (TPSA) is 41.3 Å². The van der Waals surface area contributed by atoms with E-state index in [1.807, 2.05) is 18.2 Å². The third kappa shape index (κ3) is 3.00. The number of rotatable bonds is 3. The molecule has 0 amide bonds. The van der Waals surface area contributed by atoms with E-state index in [0.717, 1.165) is 49.6 Å². The smallest absolute Gasteiger partial charge is 0.127 e. The molecule has 0 aliphatic carbocycles. The molecule has 1 fully saturated rings. The molecule has 2 aromatic heterocycles. The van der Waals surface area contributed by atoms with Crippen molar-refractivity contribution in [3.05, 3.63) is 66.2 Å². The average Bonchev–Trinajstić information content (AvgIpc) is 2.98. The normalized spacial score (nSPS) is 17.9. The molecule has 1 N–H and O–H groups in total. The van der Waals surface area contributed by atoms with Crippen molar-refractivity contribution in [2.45, 2.75) is 12.5 Å². The summed E-state index contributed by atoms with van der Waals surface area (Å²) in [6.45, 7) is 4.13. The van der Waals surface area contributed by atoms with Gasteiger partial charge in [0.2, 0.25) is 0 Å². The van der Waals surface area contributed by atoms with E-state index in [4.69, 9.17) is 9.40 Å². The van der Waals surface area contributed by atoms with Crippen molar-refractivity contribution in [3.63, 3.8) is 0 Å². The van der Waals surface area contributed by atoms with Crippen LogP contribution in [0.1, 0.15) is 23.9 Å². The fraction of sp³-hybridized carbons (Fsp3) is 0.316. The van der Waals surface area contributed by atoms with Gasteiger partial charge in [0.05, 0.1) is 17.5 Å². The van der Waals surface area contributed by atoms with Crippen LogP contribution in [0.2, 0.25) is 0 Å². The molecule has 1 aliphatic heterocycles. The molecule has 4 nitrogen and oxygen atoms in total. The maximum atomic E-state index is 5.75. The van der Waals surface area contributed by atoms with E-state index in [1.54, 1.807) is 6.26 Å². The van der Waals surface area contributed by atoms with Crippen LogP contribution in [0.5, 0.6) is 0 Å². The van der Waals surface area contributed by atoms with Gasteiger partial charge in [-0.05, 0) is 37.2 Å². The summed E-state index contributed by atoms with van der Waals surface area (Å²) < 4.78 is 5.75. The van der Waals surface area contributed by atoms with Gasteiger partial charge >= 0.3 is 0 Å². The first-order valence-corrected chi connectivity index (χ1v) is 8.26. The number of hydrogen-bond donors (Lipinski definition) is 1. The Morgan fingerprint density at radius 3 is 2.87 bits per heavy atom. The molecule has 23 heavy (non-hydrogen) atoms. The molecule has 0 bridgehead atoms. The van der Waals surface area contributed by atoms with Crippen LogP contribution in [0, 0.1) is 0 Å². The standard InChI is InChI=1S/C19H21N3O/c1-2-6-16-15(5-1)8-9-17(21-16)19(18-7-3-14-23-18)22-12-4-10-20-11-13-22/h1-3,5-9,14,19-20H,4,10-13H2. The van der Waals surface area contributed by atoms with Crippen molar-refractivity contribution in [1.29, 1.82) is 0 Å². The SMILES string of the molecule is c1coc(C(c2ccc3ccccc3n2)N2CCCNCC2)c1. The van der Waals surface area contributed by atoms with Gasteiger partial charge in [-0.15, -0.1) is 0 Å². The average molecular weight is 307 g/mol. The maximum absolute atomic E-state index is 5.75. The third-order valence-electron chi connectivity index (χ3n) is 4.45. The molecule has 118 valence electrons. The molecule has 0 radical (unpaired) electrons. The number of fused-ring (bicyclic) bond motifs is 1. The third-order valence-corrected chi connectivity index (χ3v) is 4.45.